The average Bonchev–Trinajstić information content (AvgIpc) is 2.34. The predicted molar refractivity (Wildman–Crippen MR) is 78.1 cm³/mol. The van der Waals surface area contributed by atoms with Crippen LogP contribution in [0.25, 0.3) is 0 Å². The van der Waals surface area contributed by atoms with Crippen molar-refractivity contribution in [3.05, 3.63) is 34.9 Å². The molecule has 19 heavy (non-hydrogen) atoms. The largest absolute Gasteiger partial charge is 0.467 e. The summed E-state index contributed by atoms with van der Waals surface area (Å²) in [6.07, 6.45) is 0. The molecule has 0 fully saturated rings. The van der Waals surface area contributed by atoms with Crippen molar-refractivity contribution in [3.63, 3.8) is 0 Å². The molecule has 1 aromatic carbocycles. The van der Waals surface area contributed by atoms with Crippen LogP contribution in [0.2, 0.25) is 0 Å². The highest BCUT2D eigenvalue weighted by Gasteiger charge is 2.37. The van der Waals surface area contributed by atoms with Gasteiger partial charge in [-0.1, -0.05) is 37.6 Å². The topological polar surface area (TPSA) is 38.3 Å². The maximum absolute atomic E-state index is 12.2. The second-order valence-electron chi connectivity index (χ2n) is 5.71. The summed E-state index contributed by atoms with van der Waals surface area (Å²) < 4.78 is 4.99. The third-order valence-electron chi connectivity index (χ3n) is 3.38. The molecule has 0 heterocycles. The molecule has 1 aromatic rings. The lowest BCUT2D eigenvalue weighted by molar-refractivity contribution is -0.148. The minimum Gasteiger partial charge on any atom is -0.467 e. The average molecular weight is 263 g/mol. The van der Waals surface area contributed by atoms with Crippen LogP contribution in [0.3, 0.4) is 0 Å². The van der Waals surface area contributed by atoms with E-state index in [1.807, 2.05) is 32.9 Å². The van der Waals surface area contributed by atoms with E-state index in [2.05, 4.69) is 25.2 Å². The number of hydrogen-bond acceptors (Lipinski definition) is 3. The number of carbonyl (C=O) groups is 1. The normalized spacial score (nSPS) is 14.3. The highest BCUT2D eigenvalue weighted by molar-refractivity contribution is 5.82. The van der Waals surface area contributed by atoms with E-state index in [0.29, 0.717) is 5.92 Å². The van der Waals surface area contributed by atoms with Crippen LogP contribution in [0.1, 0.15) is 37.5 Å². The molecule has 3 nitrogen and oxygen atoms in total. The molecule has 0 saturated carbocycles. The summed E-state index contributed by atoms with van der Waals surface area (Å²) in [6.45, 7) is 11.0. The van der Waals surface area contributed by atoms with Crippen LogP contribution in [0.15, 0.2) is 18.2 Å². The molecule has 0 spiro atoms. The van der Waals surface area contributed by atoms with Gasteiger partial charge >= 0.3 is 5.97 Å². The van der Waals surface area contributed by atoms with Gasteiger partial charge in [0.2, 0.25) is 0 Å². The van der Waals surface area contributed by atoms with Crippen LogP contribution in [0.5, 0.6) is 0 Å². The molecule has 0 saturated heterocycles. The number of aryl methyl sites for hydroxylation is 2. The lowest BCUT2D eigenvalue weighted by Gasteiger charge is -2.31. The standard InChI is InChI=1S/C16H25NO2/c1-11(2)10-17-16(5,15(18)19-6)14-8-7-12(3)9-13(14)4/h7-9,11,17H,10H2,1-6H3. The van der Waals surface area contributed by atoms with Gasteiger partial charge in [-0.25, -0.2) is 4.79 Å². The zero-order chi connectivity index (χ0) is 14.6. The van der Waals surface area contributed by atoms with Gasteiger partial charge in [0.15, 0.2) is 0 Å². The number of hydrogen-bond donors (Lipinski definition) is 1. The number of esters is 1. The molecule has 1 atom stereocenters. The molecule has 0 aliphatic rings. The number of methoxy groups -OCH3 is 1. The Labute approximate surface area is 116 Å². The quantitative estimate of drug-likeness (QED) is 0.830. The van der Waals surface area contributed by atoms with Gasteiger partial charge in [-0.3, -0.25) is 5.32 Å². The molecular formula is C16H25NO2. The summed E-state index contributed by atoms with van der Waals surface area (Å²) in [7, 11) is 1.43. The monoisotopic (exact) mass is 263 g/mol. The molecule has 0 bridgehead atoms. The highest BCUT2D eigenvalue weighted by atomic mass is 16.5. The fourth-order valence-corrected chi connectivity index (χ4v) is 2.26. The van der Waals surface area contributed by atoms with Crippen molar-refractivity contribution in [1.29, 1.82) is 0 Å². The van der Waals surface area contributed by atoms with Crippen molar-refractivity contribution in [1.82, 2.24) is 5.32 Å². The molecule has 0 amide bonds. The summed E-state index contributed by atoms with van der Waals surface area (Å²) in [4.78, 5) is 12.2. The van der Waals surface area contributed by atoms with Gasteiger partial charge in [-0.05, 0) is 44.4 Å². The first-order valence-corrected chi connectivity index (χ1v) is 6.72. The number of rotatable bonds is 5. The molecule has 0 aliphatic heterocycles. The lowest BCUT2D eigenvalue weighted by atomic mass is 9.87. The van der Waals surface area contributed by atoms with Gasteiger partial charge in [0.25, 0.3) is 0 Å². The Morgan fingerprint density at radius 3 is 2.47 bits per heavy atom. The first kappa shape index (κ1) is 15.7. The second kappa shape index (κ2) is 6.20. The fraction of sp³-hybridized carbons (Fsp3) is 0.562. The Morgan fingerprint density at radius 1 is 1.37 bits per heavy atom. The van der Waals surface area contributed by atoms with Gasteiger partial charge in [0.1, 0.15) is 5.54 Å². The zero-order valence-electron chi connectivity index (χ0n) is 12.8. The Morgan fingerprint density at radius 2 is 2.00 bits per heavy atom. The minimum absolute atomic E-state index is 0.250. The zero-order valence-corrected chi connectivity index (χ0v) is 12.8. The van der Waals surface area contributed by atoms with E-state index in [1.165, 1.54) is 12.7 Å². The fourth-order valence-electron chi connectivity index (χ4n) is 2.26. The first-order chi connectivity index (χ1) is 8.81. The smallest absolute Gasteiger partial charge is 0.330 e. The van der Waals surface area contributed by atoms with Crippen molar-refractivity contribution in [2.75, 3.05) is 13.7 Å². The summed E-state index contributed by atoms with van der Waals surface area (Å²) in [5, 5.41) is 3.35. The summed E-state index contributed by atoms with van der Waals surface area (Å²) in [6, 6.07) is 6.13. The van der Waals surface area contributed by atoms with Crippen molar-refractivity contribution < 1.29 is 9.53 Å². The maximum atomic E-state index is 12.2. The van der Waals surface area contributed by atoms with Crippen molar-refractivity contribution in [3.8, 4) is 0 Å². The molecule has 0 radical (unpaired) electrons. The van der Waals surface area contributed by atoms with E-state index in [9.17, 15) is 4.79 Å². The van der Waals surface area contributed by atoms with Crippen molar-refractivity contribution in [2.24, 2.45) is 5.92 Å². The van der Waals surface area contributed by atoms with Crippen LogP contribution in [0.4, 0.5) is 0 Å². The second-order valence-corrected chi connectivity index (χ2v) is 5.71. The van der Waals surface area contributed by atoms with Crippen molar-refractivity contribution in [2.45, 2.75) is 40.2 Å². The van der Waals surface area contributed by atoms with E-state index < -0.39 is 5.54 Å². The number of carbonyl (C=O) groups excluding carboxylic acids is 1. The van der Waals surface area contributed by atoms with Gasteiger partial charge in [0, 0.05) is 0 Å². The number of nitrogens with one attached hydrogen (secondary N) is 1. The van der Waals surface area contributed by atoms with E-state index >= 15 is 0 Å². The third-order valence-corrected chi connectivity index (χ3v) is 3.38. The van der Waals surface area contributed by atoms with Crippen LogP contribution in [-0.2, 0) is 15.1 Å². The maximum Gasteiger partial charge on any atom is 0.330 e. The summed E-state index contributed by atoms with van der Waals surface area (Å²) >= 11 is 0. The molecule has 1 N–H and O–H groups in total. The molecule has 0 aliphatic carbocycles. The van der Waals surface area contributed by atoms with Crippen LogP contribution >= 0.6 is 0 Å². The Kier molecular flexibility index (Phi) is 5.12. The van der Waals surface area contributed by atoms with E-state index in [1.54, 1.807) is 0 Å². The Hall–Kier alpha value is -1.35. The molecular weight excluding hydrogens is 238 g/mol. The number of benzene rings is 1. The van der Waals surface area contributed by atoms with Crippen LogP contribution in [-0.4, -0.2) is 19.6 Å². The molecule has 3 heteroatoms. The molecule has 0 aromatic heterocycles. The van der Waals surface area contributed by atoms with E-state index in [4.69, 9.17) is 4.74 Å². The van der Waals surface area contributed by atoms with Gasteiger partial charge < -0.3 is 4.74 Å². The Balaban J connectivity index is 3.18. The lowest BCUT2D eigenvalue weighted by Crippen LogP contribution is -2.49. The highest BCUT2D eigenvalue weighted by Crippen LogP contribution is 2.26. The SMILES string of the molecule is COC(=O)C(C)(NCC(C)C)c1ccc(C)cc1C. The summed E-state index contributed by atoms with van der Waals surface area (Å²) in [5.41, 5.74) is 2.48. The molecule has 1 rings (SSSR count). The first-order valence-electron chi connectivity index (χ1n) is 6.72. The summed E-state index contributed by atoms with van der Waals surface area (Å²) in [5.74, 6) is 0.217. The molecule has 106 valence electrons. The minimum atomic E-state index is -0.795. The van der Waals surface area contributed by atoms with Gasteiger partial charge in [-0.2, -0.15) is 0 Å². The van der Waals surface area contributed by atoms with Crippen LogP contribution < -0.4 is 5.32 Å². The predicted octanol–water partition coefficient (Wildman–Crippen LogP) is 2.94. The van der Waals surface area contributed by atoms with Crippen LogP contribution in [0, 0.1) is 19.8 Å². The van der Waals surface area contributed by atoms with Gasteiger partial charge in [0.05, 0.1) is 7.11 Å². The van der Waals surface area contributed by atoms with E-state index in [0.717, 1.165) is 17.7 Å². The van der Waals surface area contributed by atoms with E-state index in [-0.39, 0.29) is 5.97 Å². The molecule has 1 unspecified atom stereocenters. The third kappa shape index (κ3) is 3.57. The van der Waals surface area contributed by atoms with Gasteiger partial charge in [-0.15, -0.1) is 0 Å². The number of ether oxygens (including phenoxy) is 1. The van der Waals surface area contributed by atoms with Crippen molar-refractivity contribution >= 4 is 5.97 Å². The Bertz CT molecular complexity index is 454.